The molecule has 126 valence electrons. The van der Waals surface area contributed by atoms with Gasteiger partial charge in [-0.15, -0.1) is 0 Å². The summed E-state index contributed by atoms with van der Waals surface area (Å²) in [5.41, 5.74) is -0.993. The van der Waals surface area contributed by atoms with Crippen LogP contribution in [0.5, 0.6) is 0 Å². The predicted octanol–water partition coefficient (Wildman–Crippen LogP) is 1.49. The normalized spacial score (nSPS) is 10.3. The molecule has 0 aliphatic heterocycles. The van der Waals surface area contributed by atoms with Crippen molar-refractivity contribution >= 4 is 23.4 Å². The molecule has 24 heavy (non-hydrogen) atoms. The van der Waals surface area contributed by atoms with Crippen molar-refractivity contribution in [1.82, 2.24) is 9.78 Å². The van der Waals surface area contributed by atoms with Crippen molar-refractivity contribution in [2.75, 3.05) is 12.4 Å². The summed E-state index contributed by atoms with van der Waals surface area (Å²) in [6.45, 7) is -0.446. The summed E-state index contributed by atoms with van der Waals surface area (Å²) in [5.74, 6) is -4.51. The maximum Gasteiger partial charge on any atom is 0.389 e. The zero-order valence-corrected chi connectivity index (χ0v) is 12.2. The van der Waals surface area contributed by atoms with Crippen LogP contribution in [0, 0.1) is 21.7 Å². The summed E-state index contributed by atoms with van der Waals surface area (Å²) in [4.78, 5) is 33.0. The van der Waals surface area contributed by atoms with E-state index in [0.29, 0.717) is 6.07 Å². The number of ether oxygens (including phenoxy) is 1. The van der Waals surface area contributed by atoms with E-state index in [1.807, 2.05) is 0 Å². The summed E-state index contributed by atoms with van der Waals surface area (Å²) in [5, 5.41) is 16.1. The first kappa shape index (κ1) is 17.0. The Balaban J connectivity index is 2.16. The van der Waals surface area contributed by atoms with Crippen molar-refractivity contribution in [2.24, 2.45) is 0 Å². The lowest BCUT2D eigenvalue weighted by atomic mass is 10.1. The Morgan fingerprint density at radius 2 is 2.08 bits per heavy atom. The van der Waals surface area contributed by atoms with E-state index in [1.165, 1.54) is 6.20 Å². The van der Waals surface area contributed by atoms with Gasteiger partial charge in [0.15, 0.2) is 0 Å². The number of nitro groups is 1. The molecule has 2 rings (SSSR count). The van der Waals surface area contributed by atoms with Crippen LogP contribution in [0.15, 0.2) is 24.4 Å². The van der Waals surface area contributed by atoms with E-state index in [0.717, 1.165) is 23.9 Å². The zero-order valence-electron chi connectivity index (χ0n) is 12.2. The van der Waals surface area contributed by atoms with Gasteiger partial charge in [0.05, 0.1) is 35.7 Å². The Bertz CT molecular complexity index is 821. The van der Waals surface area contributed by atoms with Gasteiger partial charge < -0.3 is 20.2 Å². The molecule has 0 fully saturated rings. The van der Waals surface area contributed by atoms with Gasteiger partial charge in [-0.1, -0.05) is 0 Å². The van der Waals surface area contributed by atoms with Crippen LogP contribution < -0.4 is 5.32 Å². The molecule has 11 heteroatoms. The lowest BCUT2D eigenvalue weighted by molar-refractivity contribution is -0.389. The van der Waals surface area contributed by atoms with Crippen molar-refractivity contribution in [3.63, 3.8) is 0 Å². The van der Waals surface area contributed by atoms with Gasteiger partial charge in [0.2, 0.25) is 5.91 Å². The molecular formula is C13H10F2N4O5. The summed E-state index contributed by atoms with van der Waals surface area (Å²) in [6.07, 6.45) is 1.19. The Hall–Kier alpha value is -3.37. The van der Waals surface area contributed by atoms with Gasteiger partial charge in [-0.2, -0.15) is 4.68 Å². The van der Waals surface area contributed by atoms with Crippen molar-refractivity contribution in [2.45, 2.75) is 6.54 Å². The van der Waals surface area contributed by atoms with E-state index in [1.54, 1.807) is 0 Å². The average molecular weight is 340 g/mol. The zero-order chi connectivity index (χ0) is 17.9. The molecule has 9 nitrogen and oxygen atoms in total. The van der Waals surface area contributed by atoms with E-state index in [2.05, 4.69) is 15.2 Å². The van der Waals surface area contributed by atoms with Crippen LogP contribution in [-0.2, 0) is 16.1 Å². The lowest BCUT2D eigenvalue weighted by Crippen LogP contribution is -2.20. The third-order valence-corrected chi connectivity index (χ3v) is 2.86. The second-order valence-electron chi connectivity index (χ2n) is 4.48. The highest BCUT2D eigenvalue weighted by Gasteiger charge is 2.19. The Morgan fingerprint density at radius 3 is 2.67 bits per heavy atom. The fourth-order valence-corrected chi connectivity index (χ4v) is 1.78. The highest BCUT2D eigenvalue weighted by atomic mass is 19.1. The molecule has 1 heterocycles. The molecule has 1 N–H and O–H groups in total. The minimum Gasteiger partial charge on any atom is -0.465 e. The van der Waals surface area contributed by atoms with Crippen molar-refractivity contribution in [3.8, 4) is 0 Å². The molecule has 0 saturated heterocycles. The quantitative estimate of drug-likeness (QED) is 0.501. The maximum absolute atomic E-state index is 13.7. The topological polar surface area (TPSA) is 116 Å². The molecule has 1 amide bonds. The van der Waals surface area contributed by atoms with Gasteiger partial charge in [-0.3, -0.25) is 4.79 Å². The second kappa shape index (κ2) is 6.81. The predicted molar refractivity (Wildman–Crippen MR) is 75.2 cm³/mol. The van der Waals surface area contributed by atoms with Gasteiger partial charge in [0, 0.05) is 6.07 Å². The van der Waals surface area contributed by atoms with Gasteiger partial charge in [-0.25, -0.2) is 13.6 Å². The first-order valence-corrected chi connectivity index (χ1v) is 6.37. The number of hydrogen-bond acceptors (Lipinski definition) is 6. The molecule has 0 bridgehead atoms. The number of nitrogens with zero attached hydrogens (tertiary/aromatic N) is 3. The van der Waals surface area contributed by atoms with Gasteiger partial charge >= 0.3 is 11.8 Å². The summed E-state index contributed by atoms with van der Waals surface area (Å²) < 4.78 is 32.5. The molecule has 0 aliphatic rings. The number of carbonyl (C=O) groups is 2. The van der Waals surface area contributed by atoms with Crippen LogP contribution in [0.25, 0.3) is 0 Å². The fraction of sp³-hybridized carbons (Fsp3) is 0.154. The van der Waals surface area contributed by atoms with Crippen LogP contribution in [0.4, 0.5) is 20.3 Å². The number of methoxy groups -OCH3 is 1. The van der Waals surface area contributed by atoms with E-state index < -0.39 is 52.0 Å². The number of halogens is 2. The van der Waals surface area contributed by atoms with Crippen molar-refractivity contribution in [3.05, 3.63) is 51.7 Å². The Kier molecular flexibility index (Phi) is 4.82. The second-order valence-corrected chi connectivity index (χ2v) is 4.48. The van der Waals surface area contributed by atoms with Crippen LogP contribution in [0.2, 0.25) is 0 Å². The van der Waals surface area contributed by atoms with Gasteiger partial charge in [0.1, 0.15) is 18.2 Å². The summed E-state index contributed by atoms with van der Waals surface area (Å²) in [6, 6.07) is 2.31. The molecule has 2 aromatic rings. The minimum absolute atomic E-state index is 0.431. The van der Waals surface area contributed by atoms with Gasteiger partial charge in [0.25, 0.3) is 0 Å². The summed E-state index contributed by atoms with van der Waals surface area (Å²) in [7, 11) is 1.02. The number of anilines is 1. The number of rotatable bonds is 5. The molecule has 0 saturated carbocycles. The molecule has 1 aromatic carbocycles. The van der Waals surface area contributed by atoms with Crippen LogP contribution >= 0.6 is 0 Å². The molecule has 0 spiro atoms. The number of esters is 1. The molecule has 0 unspecified atom stereocenters. The first-order valence-electron chi connectivity index (χ1n) is 6.37. The minimum atomic E-state index is -1.14. The smallest absolute Gasteiger partial charge is 0.389 e. The Morgan fingerprint density at radius 1 is 1.38 bits per heavy atom. The van der Waals surface area contributed by atoms with Gasteiger partial charge in [-0.05, 0) is 11.0 Å². The number of benzene rings is 1. The first-order chi connectivity index (χ1) is 11.3. The highest BCUT2D eigenvalue weighted by molar-refractivity contribution is 5.94. The van der Waals surface area contributed by atoms with Crippen molar-refractivity contribution < 1.29 is 28.0 Å². The fourth-order valence-electron chi connectivity index (χ4n) is 1.78. The molecular weight excluding hydrogens is 330 g/mol. The van der Waals surface area contributed by atoms with Crippen molar-refractivity contribution in [1.29, 1.82) is 0 Å². The lowest BCUT2D eigenvalue weighted by Gasteiger charge is -2.08. The third-order valence-electron chi connectivity index (χ3n) is 2.86. The molecule has 0 aliphatic carbocycles. The maximum atomic E-state index is 13.7. The number of carbonyl (C=O) groups excluding carboxylic acids is 2. The molecule has 0 atom stereocenters. The molecule has 1 aromatic heterocycles. The number of hydrogen-bond donors (Lipinski definition) is 1. The average Bonchev–Trinajstić information content (AvgIpc) is 2.98. The van der Waals surface area contributed by atoms with Crippen LogP contribution in [0.3, 0.4) is 0 Å². The summed E-state index contributed by atoms with van der Waals surface area (Å²) >= 11 is 0. The molecule has 0 radical (unpaired) electrons. The number of aromatic nitrogens is 2. The largest absolute Gasteiger partial charge is 0.465 e. The van der Waals surface area contributed by atoms with E-state index >= 15 is 0 Å². The third kappa shape index (κ3) is 3.69. The van der Waals surface area contributed by atoms with Crippen LogP contribution in [0.1, 0.15) is 10.4 Å². The van der Waals surface area contributed by atoms with Crippen LogP contribution in [-0.4, -0.2) is 33.7 Å². The SMILES string of the molecule is COC(=O)c1cc(NC(=O)Cn2ccc([N+](=O)[O-])n2)c(F)cc1F. The number of amides is 1. The monoisotopic (exact) mass is 340 g/mol. The standard InChI is InChI=1S/C13H10F2N4O5/c1-24-13(21)7-4-10(9(15)5-8(7)14)16-12(20)6-18-3-2-11(17-18)19(22)23/h2-5H,6H2,1H3,(H,16,20). The van der Waals surface area contributed by atoms with E-state index in [-0.39, 0.29) is 0 Å². The Labute approximate surface area is 133 Å². The van der Waals surface area contributed by atoms with E-state index in [4.69, 9.17) is 0 Å². The number of nitrogens with one attached hydrogen (secondary N) is 1. The highest BCUT2D eigenvalue weighted by Crippen LogP contribution is 2.20. The van der Waals surface area contributed by atoms with E-state index in [9.17, 15) is 28.5 Å².